The number of rotatable bonds is 4. The van der Waals surface area contributed by atoms with Gasteiger partial charge in [-0.1, -0.05) is 6.07 Å². The summed E-state index contributed by atoms with van der Waals surface area (Å²) in [4.78, 5) is 25.9. The highest BCUT2D eigenvalue weighted by Crippen LogP contribution is 2.31. The minimum atomic E-state index is -0.0682. The number of benzene rings is 1. The number of ether oxygens (including phenoxy) is 2. The van der Waals surface area contributed by atoms with Crippen LogP contribution in [0.4, 0.5) is 0 Å². The number of fused-ring (bicyclic) bond motifs is 2. The van der Waals surface area contributed by atoms with Crippen molar-refractivity contribution in [2.45, 2.75) is 13.5 Å². The minimum Gasteiger partial charge on any atom is -0.486 e. The second kappa shape index (κ2) is 6.43. The predicted molar refractivity (Wildman–Crippen MR) is 91.7 cm³/mol. The van der Waals surface area contributed by atoms with Gasteiger partial charge < -0.3 is 19.4 Å². The van der Waals surface area contributed by atoms with Crippen LogP contribution in [0, 0.1) is 0 Å². The number of nitrogens with one attached hydrogen (secondary N) is 1. The molecule has 0 bridgehead atoms. The largest absolute Gasteiger partial charge is 0.486 e. The highest BCUT2D eigenvalue weighted by atomic mass is 16.6. The Morgan fingerprint density at radius 2 is 2.04 bits per heavy atom. The van der Waals surface area contributed by atoms with Gasteiger partial charge in [0.25, 0.3) is 5.91 Å². The number of imidazole rings is 1. The van der Waals surface area contributed by atoms with Crippen molar-refractivity contribution in [2.24, 2.45) is 0 Å². The maximum Gasteiger partial charge on any atom is 0.255 e. The maximum atomic E-state index is 12.8. The second-order valence-corrected chi connectivity index (χ2v) is 5.80. The van der Waals surface area contributed by atoms with Gasteiger partial charge in [-0.2, -0.15) is 0 Å². The predicted octanol–water partition coefficient (Wildman–Crippen LogP) is 2.39. The van der Waals surface area contributed by atoms with E-state index >= 15 is 0 Å². The summed E-state index contributed by atoms with van der Waals surface area (Å²) < 4.78 is 11.2. The summed E-state index contributed by atoms with van der Waals surface area (Å²) in [6.07, 6.45) is 3.14. The third-order valence-corrected chi connectivity index (χ3v) is 4.17. The zero-order chi connectivity index (χ0) is 17.2. The SMILES string of the molecule is CCN(Cc1ccc2c(c1)OCCO2)C(=O)c1cnc2nc[nH]c2c1. The van der Waals surface area contributed by atoms with Gasteiger partial charge in [-0.3, -0.25) is 4.79 Å². The van der Waals surface area contributed by atoms with Crippen molar-refractivity contribution in [3.8, 4) is 11.5 Å². The first-order chi connectivity index (χ1) is 12.2. The Balaban J connectivity index is 1.56. The maximum absolute atomic E-state index is 12.8. The van der Waals surface area contributed by atoms with Crippen LogP contribution < -0.4 is 9.47 Å². The molecule has 128 valence electrons. The van der Waals surface area contributed by atoms with E-state index < -0.39 is 0 Å². The summed E-state index contributed by atoms with van der Waals surface area (Å²) in [5, 5.41) is 0. The average molecular weight is 338 g/mol. The minimum absolute atomic E-state index is 0.0682. The number of nitrogens with zero attached hydrogens (tertiary/aromatic N) is 3. The molecular weight excluding hydrogens is 320 g/mol. The fraction of sp³-hybridized carbons (Fsp3) is 0.278. The van der Waals surface area contributed by atoms with Gasteiger partial charge in [0.15, 0.2) is 17.1 Å². The summed E-state index contributed by atoms with van der Waals surface area (Å²) in [5.41, 5.74) is 2.89. The molecule has 0 aliphatic carbocycles. The number of hydrogen-bond donors (Lipinski definition) is 1. The first kappa shape index (κ1) is 15.4. The van der Waals surface area contributed by atoms with Crippen LogP contribution in [0.25, 0.3) is 11.2 Å². The number of aromatic nitrogens is 3. The normalized spacial score (nSPS) is 13.0. The van der Waals surface area contributed by atoms with Crippen LogP contribution in [-0.2, 0) is 6.54 Å². The van der Waals surface area contributed by atoms with E-state index in [4.69, 9.17) is 9.47 Å². The van der Waals surface area contributed by atoms with Gasteiger partial charge in [0.2, 0.25) is 0 Å². The molecule has 1 N–H and O–H groups in total. The third kappa shape index (κ3) is 3.00. The summed E-state index contributed by atoms with van der Waals surface area (Å²) in [7, 11) is 0. The fourth-order valence-corrected chi connectivity index (χ4v) is 2.86. The summed E-state index contributed by atoms with van der Waals surface area (Å²) >= 11 is 0. The van der Waals surface area contributed by atoms with Crippen molar-refractivity contribution in [1.82, 2.24) is 19.9 Å². The third-order valence-electron chi connectivity index (χ3n) is 4.17. The smallest absolute Gasteiger partial charge is 0.255 e. The zero-order valence-electron chi connectivity index (χ0n) is 13.9. The van der Waals surface area contributed by atoms with E-state index in [9.17, 15) is 4.79 Å². The highest BCUT2D eigenvalue weighted by molar-refractivity contribution is 5.96. The van der Waals surface area contributed by atoms with Gasteiger partial charge in [0.05, 0.1) is 17.4 Å². The van der Waals surface area contributed by atoms with Crippen molar-refractivity contribution in [2.75, 3.05) is 19.8 Å². The summed E-state index contributed by atoms with van der Waals surface area (Å²) in [6, 6.07) is 7.56. The topological polar surface area (TPSA) is 80.3 Å². The fourth-order valence-electron chi connectivity index (χ4n) is 2.86. The van der Waals surface area contributed by atoms with Crippen molar-refractivity contribution >= 4 is 17.1 Å². The van der Waals surface area contributed by atoms with Crippen molar-refractivity contribution < 1.29 is 14.3 Å². The summed E-state index contributed by atoms with van der Waals surface area (Å²) in [5.74, 6) is 1.41. The van der Waals surface area contributed by atoms with E-state index in [0.29, 0.717) is 37.5 Å². The van der Waals surface area contributed by atoms with E-state index in [0.717, 1.165) is 22.6 Å². The second-order valence-electron chi connectivity index (χ2n) is 5.80. The Bertz CT molecular complexity index is 922. The molecule has 0 radical (unpaired) electrons. The molecule has 1 aliphatic rings. The number of hydrogen-bond acceptors (Lipinski definition) is 5. The molecule has 25 heavy (non-hydrogen) atoms. The molecule has 4 rings (SSSR count). The number of pyridine rings is 1. The molecule has 7 heteroatoms. The summed E-state index contributed by atoms with van der Waals surface area (Å²) in [6.45, 7) is 4.15. The molecule has 3 heterocycles. The van der Waals surface area contributed by atoms with Gasteiger partial charge in [-0.05, 0) is 30.7 Å². The quantitative estimate of drug-likeness (QED) is 0.790. The van der Waals surface area contributed by atoms with Crippen LogP contribution in [0.3, 0.4) is 0 Å². The first-order valence-corrected chi connectivity index (χ1v) is 8.21. The van der Waals surface area contributed by atoms with Crippen LogP contribution >= 0.6 is 0 Å². The number of carbonyl (C=O) groups is 1. The molecule has 0 fully saturated rings. The van der Waals surface area contributed by atoms with Gasteiger partial charge in [0, 0.05) is 19.3 Å². The molecule has 3 aromatic rings. The van der Waals surface area contributed by atoms with Gasteiger partial charge in [-0.25, -0.2) is 9.97 Å². The van der Waals surface area contributed by atoms with Gasteiger partial charge >= 0.3 is 0 Å². The first-order valence-electron chi connectivity index (χ1n) is 8.21. The lowest BCUT2D eigenvalue weighted by molar-refractivity contribution is 0.0752. The highest BCUT2D eigenvalue weighted by Gasteiger charge is 2.18. The van der Waals surface area contributed by atoms with Crippen LogP contribution in [0.1, 0.15) is 22.8 Å². The van der Waals surface area contributed by atoms with E-state index in [1.807, 2.05) is 25.1 Å². The van der Waals surface area contributed by atoms with E-state index in [1.54, 1.807) is 23.5 Å². The number of aromatic amines is 1. The monoisotopic (exact) mass is 338 g/mol. The van der Waals surface area contributed by atoms with Gasteiger partial charge in [0.1, 0.15) is 13.2 Å². The molecule has 0 atom stereocenters. The Labute approximate surface area is 144 Å². The Hall–Kier alpha value is -3.09. The standard InChI is InChI=1S/C18H18N4O3/c1-2-22(10-12-3-4-15-16(7-12)25-6-5-24-15)18(23)13-8-14-17(19-9-13)21-11-20-14/h3-4,7-9,11H,2,5-6,10H2,1H3,(H,19,20,21). The average Bonchev–Trinajstić information content (AvgIpc) is 3.13. The van der Waals surface area contributed by atoms with E-state index in [1.165, 1.54) is 0 Å². The number of H-pyrrole nitrogens is 1. The molecule has 0 spiro atoms. The molecule has 0 unspecified atom stereocenters. The molecule has 7 nitrogen and oxygen atoms in total. The molecule has 0 saturated carbocycles. The van der Waals surface area contributed by atoms with E-state index in [-0.39, 0.29) is 5.91 Å². The van der Waals surface area contributed by atoms with Crippen LogP contribution in [0.2, 0.25) is 0 Å². The molecule has 1 aliphatic heterocycles. The molecule has 1 amide bonds. The number of amides is 1. The Kier molecular flexibility index (Phi) is 3.97. The molecule has 0 saturated heterocycles. The lowest BCUT2D eigenvalue weighted by atomic mass is 10.1. The van der Waals surface area contributed by atoms with Crippen molar-refractivity contribution in [1.29, 1.82) is 0 Å². The van der Waals surface area contributed by atoms with Crippen molar-refractivity contribution in [3.63, 3.8) is 0 Å². The molecule has 1 aromatic carbocycles. The lowest BCUT2D eigenvalue weighted by Gasteiger charge is -2.23. The van der Waals surface area contributed by atoms with Crippen LogP contribution in [0.15, 0.2) is 36.8 Å². The van der Waals surface area contributed by atoms with E-state index in [2.05, 4.69) is 15.0 Å². The Morgan fingerprint density at radius 1 is 1.20 bits per heavy atom. The molecular formula is C18H18N4O3. The molecule has 2 aromatic heterocycles. The van der Waals surface area contributed by atoms with Gasteiger partial charge in [-0.15, -0.1) is 0 Å². The zero-order valence-corrected chi connectivity index (χ0v) is 13.9. The number of carbonyl (C=O) groups excluding carboxylic acids is 1. The van der Waals surface area contributed by atoms with Crippen LogP contribution in [0.5, 0.6) is 11.5 Å². The van der Waals surface area contributed by atoms with Crippen LogP contribution in [-0.4, -0.2) is 45.5 Å². The van der Waals surface area contributed by atoms with Crippen molar-refractivity contribution in [3.05, 3.63) is 47.9 Å². The lowest BCUT2D eigenvalue weighted by Crippen LogP contribution is -2.30. The Morgan fingerprint density at radius 3 is 2.88 bits per heavy atom.